The Kier molecular flexibility index (Phi) is 5.52. The van der Waals surface area contributed by atoms with Gasteiger partial charge in [-0.25, -0.2) is 0 Å². The van der Waals surface area contributed by atoms with Crippen molar-refractivity contribution in [2.75, 3.05) is 13.1 Å². The zero-order valence-electron chi connectivity index (χ0n) is 12.0. The second-order valence-corrected chi connectivity index (χ2v) is 6.33. The summed E-state index contributed by atoms with van der Waals surface area (Å²) in [7, 11) is 0. The lowest BCUT2D eigenvalue weighted by Crippen LogP contribution is -2.33. The fourth-order valence-electron chi connectivity index (χ4n) is 3.16. The molecule has 18 heavy (non-hydrogen) atoms. The first kappa shape index (κ1) is 13.9. The van der Waals surface area contributed by atoms with Crippen molar-refractivity contribution in [2.45, 2.75) is 71.1 Å². The third-order valence-electron chi connectivity index (χ3n) is 4.51. The highest BCUT2D eigenvalue weighted by molar-refractivity contribution is 5.76. The van der Waals surface area contributed by atoms with Gasteiger partial charge in [0.15, 0.2) is 0 Å². The quantitative estimate of drug-likeness (QED) is 0.670. The Morgan fingerprint density at radius 2 is 1.78 bits per heavy atom. The molecule has 2 nitrogen and oxygen atoms in total. The first-order valence-corrected chi connectivity index (χ1v) is 8.07. The Labute approximate surface area is 112 Å². The van der Waals surface area contributed by atoms with Gasteiger partial charge in [-0.15, -0.1) is 0 Å². The lowest BCUT2D eigenvalue weighted by atomic mass is 9.86. The zero-order chi connectivity index (χ0) is 12.8. The van der Waals surface area contributed by atoms with E-state index in [1.165, 1.54) is 44.9 Å². The van der Waals surface area contributed by atoms with Gasteiger partial charge in [0.05, 0.1) is 0 Å². The predicted octanol–water partition coefficient (Wildman–Crippen LogP) is 4.00. The van der Waals surface area contributed by atoms with Crippen molar-refractivity contribution in [3.05, 3.63) is 0 Å². The van der Waals surface area contributed by atoms with Gasteiger partial charge in [0, 0.05) is 19.5 Å². The Morgan fingerprint density at radius 3 is 2.39 bits per heavy atom. The normalized spacial score (nSPS) is 20.9. The first-order chi connectivity index (χ1) is 8.79. The molecule has 0 N–H and O–H groups in total. The van der Waals surface area contributed by atoms with E-state index < -0.39 is 0 Å². The van der Waals surface area contributed by atoms with Crippen LogP contribution >= 0.6 is 0 Å². The minimum atomic E-state index is 0.425. The third-order valence-corrected chi connectivity index (χ3v) is 4.51. The number of carbonyl (C=O) groups is 1. The van der Waals surface area contributed by atoms with Crippen molar-refractivity contribution in [1.29, 1.82) is 0 Å². The van der Waals surface area contributed by atoms with Gasteiger partial charge in [-0.2, -0.15) is 0 Å². The third kappa shape index (κ3) is 4.62. The molecule has 0 radical (unpaired) electrons. The number of amides is 1. The fourth-order valence-corrected chi connectivity index (χ4v) is 3.16. The van der Waals surface area contributed by atoms with Crippen LogP contribution in [0.1, 0.15) is 71.1 Å². The molecule has 2 saturated carbocycles. The van der Waals surface area contributed by atoms with E-state index in [1.807, 2.05) is 0 Å². The molecule has 0 spiro atoms. The van der Waals surface area contributed by atoms with Crippen molar-refractivity contribution in [2.24, 2.45) is 11.8 Å². The number of nitrogens with zero attached hydrogens (tertiary/aromatic N) is 1. The van der Waals surface area contributed by atoms with E-state index in [1.54, 1.807) is 0 Å². The summed E-state index contributed by atoms with van der Waals surface area (Å²) in [6.07, 6.45) is 12.6. The van der Waals surface area contributed by atoms with Crippen LogP contribution in [0.25, 0.3) is 0 Å². The molecule has 1 amide bonds. The largest absolute Gasteiger partial charge is 0.342 e. The van der Waals surface area contributed by atoms with Crippen LogP contribution in [0.5, 0.6) is 0 Å². The maximum absolute atomic E-state index is 12.3. The molecule has 2 rings (SSSR count). The second-order valence-electron chi connectivity index (χ2n) is 6.33. The summed E-state index contributed by atoms with van der Waals surface area (Å²) in [6.45, 7) is 4.19. The van der Waals surface area contributed by atoms with Crippen LogP contribution in [-0.2, 0) is 4.79 Å². The van der Waals surface area contributed by atoms with Crippen LogP contribution in [0.4, 0.5) is 0 Å². The number of rotatable bonds is 7. The Morgan fingerprint density at radius 1 is 1.06 bits per heavy atom. The van der Waals surface area contributed by atoms with Crippen LogP contribution < -0.4 is 0 Å². The second kappa shape index (κ2) is 7.16. The van der Waals surface area contributed by atoms with Gasteiger partial charge < -0.3 is 4.90 Å². The van der Waals surface area contributed by atoms with Gasteiger partial charge in [-0.05, 0) is 37.5 Å². The van der Waals surface area contributed by atoms with Crippen molar-refractivity contribution in [3.63, 3.8) is 0 Å². The van der Waals surface area contributed by atoms with Crippen LogP contribution in [0, 0.1) is 11.8 Å². The Bertz CT molecular complexity index is 254. The summed E-state index contributed by atoms with van der Waals surface area (Å²) in [5.41, 5.74) is 0. The lowest BCUT2D eigenvalue weighted by Gasteiger charge is -2.25. The molecule has 0 saturated heterocycles. The molecular weight excluding hydrogens is 222 g/mol. The van der Waals surface area contributed by atoms with Crippen LogP contribution in [0.15, 0.2) is 0 Å². The molecule has 0 aromatic rings. The number of hydrogen-bond donors (Lipinski definition) is 0. The molecule has 0 aromatic heterocycles. The molecule has 0 aliphatic heterocycles. The maximum Gasteiger partial charge on any atom is 0.222 e. The van der Waals surface area contributed by atoms with E-state index in [9.17, 15) is 4.79 Å². The monoisotopic (exact) mass is 251 g/mol. The van der Waals surface area contributed by atoms with Gasteiger partial charge in [0.1, 0.15) is 0 Å². The van der Waals surface area contributed by atoms with E-state index in [0.717, 1.165) is 44.2 Å². The smallest absolute Gasteiger partial charge is 0.222 e. The molecular formula is C16H29NO. The van der Waals surface area contributed by atoms with E-state index in [0.29, 0.717) is 5.91 Å². The fraction of sp³-hybridized carbons (Fsp3) is 0.938. The molecule has 2 aliphatic rings. The molecule has 2 aliphatic carbocycles. The van der Waals surface area contributed by atoms with Crippen LogP contribution in [0.3, 0.4) is 0 Å². The molecule has 0 heterocycles. The summed E-state index contributed by atoms with van der Waals surface area (Å²) in [4.78, 5) is 14.4. The Balaban J connectivity index is 1.69. The highest BCUT2D eigenvalue weighted by Crippen LogP contribution is 2.31. The van der Waals surface area contributed by atoms with Crippen molar-refractivity contribution in [3.8, 4) is 0 Å². The molecule has 0 unspecified atom stereocenters. The van der Waals surface area contributed by atoms with E-state index in [-0.39, 0.29) is 0 Å². The average molecular weight is 251 g/mol. The number of carbonyl (C=O) groups excluding carboxylic acids is 1. The highest BCUT2D eigenvalue weighted by atomic mass is 16.2. The standard InChI is InChI=1S/C16H29NO/c1-2-12-17(13-15-8-9-15)16(18)11-10-14-6-4-3-5-7-14/h14-15H,2-13H2,1H3. The molecule has 2 heteroatoms. The summed E-state index contributed by atoms with van der Waals surface area (Å²) in [6, 6.07) is 0. The van der Waals surface area contributed by atoms with Gasteiger partial charge in [-0.3, -0.25) is 4.79 Å². The first-order valence-electron chi connectivity index (χ1n) is 8.07. The molecule has 0 aromatic carbocycles. The minimum absolute atomic E-state index is 0.425. The van der Waals surface area contributed by atoms with E-state index in [2.05, 4.69) is 11.8 Å². The SMILES string of the molecule is CCCN(CC1CC1)C(=O)CCC1CCCCC1. The van der Waals surface area contributed by atoms with Gasteiger partial charge in [0.25, 0.3) is 0 Å². The van der Waals surface area contributed by atoms with E-state index in [4.69, 9.17) is 0 Å². The van der Waals surface area contributed by atoms with Crippen LogP contribution in [0.2, 0.25) is 0 Å². The maximum atomic E-state index is 12.3. The lowest BCUT2D eigenvalue weighted by molar-refractivity contribution is -0.131. The Hall–Kier alpha value is -0.530. The van der Waals surface area contributed by atoms with E-state index >= 15 is 0 Å². The number of hydrogen-bond acceptors (Lipinski definition) is 1. The van der Waals surface area contributed by atoms with Gasteiger partial charge >= 0.3 is 0 Å². The van der Waals surface area contributed by atoms with Crippen molar-refractivity contribution in [1.82, 2.24) is 4.90 Å². The summed E-state index contributed by atoms with van der Waals surface area (Å²) < 4.78 is 0. The average Bonchev–Trinajstić information content (AvgIpc) is 3.21. The zero-order valence-corrected chi connectivity index (χ0v) is 12.0. The molecule has 104 valence electrons. The van der Waals surface area contributed by atoms with Crippen LogP contribution in [-0.4, -0.2) is 23.9 Å². The molecule has 0 atom stereocenters. The predicted molar refractivity (Wildman–Crippen MR) is 75.4 cm³/mol. The molecule has 2 fully saturated rings. The topological polar surface area (TPSA) is 20.3 Å². The van der Waals surface area contributed by atoms with Crippen molar-refractivity contribution < 1.29 is 4.79 Å². The van der Waals surface area contributed by atoms with Crippen molar-refractivity contribution >= 4 is 5.91 Å². The minimum Gasteiger partial charge on any atom is -0.342 e. The summed E-state index contributed by atoms with van der Waals surface area (Å²) in [5.74, 6) is 2.09. The molecule has 0 bridgehead atoms. The summed E-state index contributed by atoms with van der Waals surface area (Å²) in [5, 5.41) is 0. The summed E-state index contributed by atoms with van der Waals surface area (Å²) >= 11 is 0. The van der Waals surface area contributed by atoms with Gasteiger partial charge in [0.2, 0.25) is 5.91 Å². The highest BCUT2D eigenvalue weighted by Gasteiger charge is 2.26. The van der Waals surface area contributed by atoms with Gasteiger partial charge in [-0.1, -0.05) is 39.0 Å².